The van der Waals surface area contributed by atoms with Gasteiger partial charge in [-0.05, 0) is 26.4 Å². The fourth-order valence-corrected chi connectivity index (χ4v) is 2.82. The second kappa shape index (κ2) is 14.5. The van der Waals surface area contributed by atoms with Crippen molar-refractivity contribution in [3.05, 3.63) is 0 Å². The van der Waals surface area contributed by atoms with Crippen LogP contribution in [-0.2, 0) is 9.59 Å². The molecule has 0 spiro atoms. The molecule has 0 radical (unpaired) electrons. The highest BCUT2D eigenvalue weighted by Gasteiger charge is 2.22. The molecule has 0 aliphatic carbocycles. The fourth-order valence-electron chi connectivity index (χ4n) is 2.82. The molecule has 0 rings (SSSR count). The van der Waals surface area contributed by atoms with E-state index in [0.717, 1.165) is 19.4 Å². The lowest BCUT2D eigenvalue weighted by molar-refractivity contribution is -0.143. The predicted octanol–water partition coefficient (Wildman–Crippen LogP) is 3.56. The van der Waals surface area contributed by atoms with Gasteiger partial charge in [0.2, 0.25) is 5.91 Å². The number of carbonyl (C=O) groups excluding carboxylic acids is 1. The zero-order valence-electron chi connectivity index (χ0n) is 15.1. The fraction of sp³-hybridized carbons (Fsp3) is 0.889. The number of primary amides is 1. The van der Waals surface area contributed by atoms with E-state index in [0.29, 0.717) is 6.42 Å². The van der Waals surface area contributed by atoms with Gasteiger partial charge >= 0.3 is 5.97 Å². The molecule has 1 amide bonds. The maximum Gasteiger partial charge on any atom is 0.320 e. The maximum atomic E-state index is 11.2. The van der Waals surface area contributed by atoms with Crippen molar-refractivity contribution in [2.45, 2.75) is 90.0 Å². The molecule has 0 aliphatic heterocycles. The van der Waals surface area contributed by atoms with Gasteiger partial charge in [-0.1, -0.05) is 64.7 Å². The van der Waals surface area contributed by atoms with Gasteiger partial charge < -0.3 is 10.8 Å². The molecule has 0 aliphatic rings. The molecule has 136 valence electrons. The second-order valence-corrected chi connectivity index (χ2v) is 6.52. The van der Waals surface area contributed by atoms with Crippen molar-refractivity contribution in [1.29, 1.82) is 0 Å². The molecule has 0 heterocycles. The first-order valence-electron chi connectivity index (χ1n) is 9.20. The molecule has 0 saturated carbocycles. The largest absolute Gasteiger partial charge is 0.480 e. The maximum absolute atomic E-state index is 11.2. The topological polar surface area (TPSA) is 83.6 Å². The van der Waals surface area contributed by atoms with E-state index in [4.69, 9.17) is 5.73 Å². The number of carboxylic acids is 1. The first kappa shape index (κ1) is 21.9. The highest BCUT2D eigenvalue weighted by Crippen LogP contribution is 2.12. The van der Waals surface area contributed by atoms with Crippen LogP contribution in [0.5, 0.6) is 0 Å². The van der Waals surface area contributed by atoms with Crippen LogP contribution in [0.2, 0.25) is 0 Å². The smallest absolute Gasteiger partial charge is 0.320 e. The molecular weight excluding hydrogens is 292 g/mol. The average Bonchev–Trinajstić information content (AvgIpc) is 2.48. The highest BCUT2D eigenvalue weighted by molar-refractivity contribution is 5.77. The Kier molecular flexibility index (Phi) is 13.8. The number of carboxylic acid groups (broad SMARTS) is 1. The van der Waals surface area contributed by atoms with Gasteiger partial charge in [-0.2, -0.15) is 0 Å². The minimum Gasteiger partial charge on any atom is -0.480 e. The summed E-state index contributed by atoms with van der Waals surface area (Å²) in [6.07, 6.45) is 13.1. The molecule has 3 N–H and O–H groups in total. The van der Waals surface area contributed by atoms with Gasteiger partial charge in [0.05, 0.1) is 0 Å². The number of nitrogens with zero attached hydrogens (tertiary/aromatic N) is 1. The Morgan fingerprint density at radius 1 is 0.957 bits per heavy atom. The number of aliphatic carboxylic acids is 1. The SMILES string of the molecule is CCCCCCCCCCCCN(C)C(CCC(N)=O)C(=O)O. The number of nitrogens with two attached hydrogens (primary N) is 1. The zero-order chi connectivity index (χ0) is 17.5. The molecule has 0 saturated heterocycles. The summed E-state index contributed by atoms with van der Waals surface area (Å²) < 4.78 is 0. The summed E-state index contributed by atoms with van der Waals surface area (Å²) in [5, 5.41) is 9.22. The number of amides is 1. The Morgan fingerprint density at radius 3 is 1.87 bits per heavy atom. The molecule has 1 atom stereocenters. The molecule has 0 bridgehead atoms. The van der Waals surface area contributed by atoms with Gasteiger partial charge in [0.25, 0.3) is 0 Å². The number of likely N-dealkylation sites (N-methyl/N-ethyl adjacent to an activating group) is 1. The molecule has 0 aromatic rings. The zero-order valence-corrected chi connectivity index (χ0v) is 15.1. The highest BCUT2D eigenvalue weighted by atomic mass is 16.4. The number of carbonyl (C=O) groups is 2. The molecule has 1 unspecified atom stereocenters. The van der Waals surface area contributed by atoms with E-state index in [9.17, 15) is 14.7 Å². The monoisotopic (exact) mass is 328 g/mol. The van der Waals surface area contributed by atoms with Crippen molar-refractivity contribution < 1.29 is 14.7 Å². The van der Waals surface area contributed by atoms with Crippen LogP contribution in [0.15, 0.2) is 0 Å². The first-order chi connectivity index (χ1) is 11.0. The van der Waals surface area contributed by atoms with Crippen molar-refractivity contribution in [3.8, 4) is 0 Å². The minimum absolute atomic E-state index is 0.124. The molecule has 0 fully saturated rings. The third-order valence-electron chi connectivity index (χ3n) is 4.35. The second-order valence-electron chi connectivity index (χ2n) is 6.52. The normalized spacial score (nSPS) is 12.5. The van der Waals surface area contributed by atoms with Gasteiger partial charge in [-0.15, -0.1) is 0 Å². The Balaban J connectivity index is 3.64. The number of hydrogen-bond donors (Lipinski definition) is 2. The van der Waals surface area contributed by atoms with E-state index >= 15 is 0 Å². The molecular formula is C18H36N2O3. The van der Waals surface area contributed by atoms with E-state index in [2.05, 4.69) is 6.92 Å². The van der Waals surface area contributed by atoms with Gasteiger partial charge in [0, 0.05) is 6.42 Å². The van der Waals surface area contributed by atoms with Crippen LogP contribution in [0, 0.1) is 0 Å². The van der Waals surface area contributed by atoms with Crippen LogP contribution >= 0.6 is 0 Å². The molecule has 0 aromatic carbocycles. The van der Waals surface area contributed by atoms with Crippen LogP contribution in [0.25, 0.3) is 0 Å². The summed E-state index contributed by atoms with van der Waals surface area (Å²) in [4.78, 5) is 23.9. The standard InChI is InChI=1S/C18H36N2O3/c1-3-4-5-6-7-8-9-10-11-12-15-20(2)16(18(22)23)13-14-17(19)21/h16H,3-15H2,1-2H3,(H2,19,21)(H,22,23). The van der Waals surface area contributed by atoms with E-state index in [-0.39, 0.29) is 6.42 Å². The van der Waals surface area contributed by atoms with Crippen LogP contribution in [-0.4, -0.2) is 41.5 Å². The van der Waals surface area contributed by atoms with Crippen LogP contribution in [0.1, 0.15) is 84.0 Å². The van der Waals surface area contributed by atoms with Crippen molar-refractivity contribution in [2.75, 3.05) is 13.6 Å². The summed E-state index contributed by atoms with van der Waals surface area (Å²) >= 11 is 0. The summed E-state index contributed by atoms with van der Waals surface area (Å²) in [5.41, 5.74) is 5.10. The van der Waals surface area contributed by atoms with Crippen molar-refractivity contribution in [3.63, 3.8) is 0 Å². The van der Waals surface area contributed by atoms with Crippen molar-refractivity contribution in [1.82, 2.24) is 4.90 Å². The summed E-state index contributed by atoms with van der Waals surface area (Å²) in [6, 6.07) is -0.610. The van der Waals surface area contributed by atoms with Crippen molar-refractivity contribution >= 4 is 11.9 Å². The third kappa shape index (κ3) is 13.1. The summed E-state index contributed by atoms with van der Waals surface area (Å²) in [7, 11) is 1.81. The minimum atomic E-state index is -0.874. The Bertz CT molecular complexity index is 321. The van der Waals surface area contributed by atoms with Crippen LogP contribution in [0.4, 0.5) is 0 Å². The first-order valence-corrected chi connectivity index (χ1v) is 9.20. The van der Waals surface area contributed by atoms with Gasteiger partial charge in [0.15, 0.2) is 0 Å². The Labute approximate surface area is 141 Å². The van der Waals surface area contributed by atoms with Gasteiger partial charge in [0.1, 0.15) is 6.04 Å². The van der Waals surface area contributed by atoms with Gasteiger partial charge in [-0.3, -0.25) is 14.5 Å². The number of hydrogen-bond acceptors (Lipinski definition) is 3. The quantitative estimate of drug-likeness (QED) is 0.424. The van der Waals surface area contributed by atoms with Crippen LogP contribution in [0.3, 0.4) is 0 Å². The molecule has 23 heavy (non-hydrogen) atoms. The number of rotatable bonds is 16. The van der Waals surface area contributed by atoms with Crippen molar-refractivity contribution in [2.24, 2.45) is 5.73 Å². The average molecular weight is 328 g/mol. The Morgan fingerprint density at radius 2 is 1.43 bits per heavy atom. The molecule has 5 heteroatoms. The van der Waals surface area contributed by atoms with Crippen LogP contribution < -0.4 is 5.73 Å². The van der Waals surface area contributed by atoms with E-state index in [1.807, 2.05) is 11.9 Å². The number of unbranched alkanes of at least 4 members (excludes halogenated alkanes) is 9. The summed E-state index contributed by atoms with van der Waals surface area (Å²) in [5.74, 6) is -1.32. The Hall–Kier alpha value is -1.10. The van der Waals surface area contributed by atoms with Gasteiger partial charge in [-0.25, -0.2) is 0 Å². The molecule has 5 nitrogen and oxygen atoms in total. The lowest BCUT2D eigenvalue weighted by atomic mass is 10.1. The lowest BCUT2D eigenvalue weighted by Crippen LogP contribution is -2.39. The predicted molar refractivity (Wildman–Crippen MR) is 94.3 cm³/mol. The third-order valence-corrected chi connectivity index (χ3v) is 4.35. The lowest BCUT2D eigenvalue weighted by Gasteiger charge is -2.24. The van der Waals surface area contributed by atoms with E-state index < -0.39 is 17.9 Å². The van der Waals surface area contributed by atoms with E-state index in [1.165, 1.54) is 51.4 Å². The summed E-state index contributed by atoms with van der Waals surface area (Å²) in [6.45, 7) is 2.99. The van der Waals surface area contributed by atoms with E-state index in [1.54, 1.807) is 0 Å². The molecule has 0 aromatic heterocycles.